The van der Waals surface area contributed by atoms with Gasteiger partial charge in [0.1, 0.15) is 6.04 Å². The fourth-order valence-electron chi connectivity index (χ4n) is 3.50. The molecule has 0 fully saturated rings. The first-order valence-corrected chi connectivity index (χ1v) is 11.8. The van der Waals surface area contributed by atoms with Crippen LogP contribution in [0, 0.1) is 0 Å². The smallest absolute Gasteiger partial charge is 0.326 e. The predicted octanol–water partition coefficient (Wildman–Crippen LogP) is 5.56. The number of rotatable bonds is 21. The van der Waals surface area contributed by atoms with E-state index in [4.69, 9.17) is 10.8 Å². The third-order valence-electron chi connectivity index (χ3n) is 5.34. The van der Waals surface area contributed by atoms with E-state index in [1.54, 1.807) is 0 Å². The molecule has 1 unspecified atom stereocenters. The van der Waals surface area contributed by atoms with Gasteiger partial charge in [0.15, 0.2) is 0 Å². The van der Waals surface area contributed by atoms with Crippen LogP contribution < -0.4 is 11.1 Å². The molecule has 0 aromatic rings. The molecule has 28 heavy (non-hydrogen) atoms. The Morgan fingerprint density at radius 1 is 0.750 bits per heavy atom. The lowest BCUT2D eigenvalue weighted by molar-refractivity contribution is -0.142. The molecule has 0 radical (unpaired) electrons. The highest BCUT2D eigenvalue weighted by molar-refractivity contribution is 5.83. The van der Waals surface area contributed by atoms with Gasteiger partial charge in [-0.05, 0) is 25.8 Å². The number of aliphatic carboxylic acids is 1. The molecule has 4 N–H and O–H groups in total. The Morgan fingerprint density at radius 2 is 1.18 bits per heavy atom. The van der Waals surface area contributed by atoms with Crippen molar-refractivity contribution in [3.63, 3.8) is 0 Å². The summed E-state index contributed by atoms with van der Waals surface area (Å²) in [4.78, 5) is 22.9. The van der Waals surface area contributed by atoms with Crippen molar-refractivity contribution in [2.75, 3.05) is 6.54 Å². The van der Waals surface area contributed by atoms with Crippen molar-refractivity contribution < 1.29 is 14.7 Å². The Bertz CT molecular complexity index is 375. The van der Waals surface area contributed by atoms with Crippen molar-refractivity contribution in [1.82, 2.24) is 5.32 Å². The van der Waals surface area contributed by atoms with Crippen LogP contribution in [0.15, 0.2) is 0 Å². The second-order valence-electron chi connectivity index (χ2n) is 8.09. The Morgan fingerprint density at radius 3 is 1.57 bits per heavy atom. The number of hydrogen-bond donors (Lipinski definition) is 3. The largest absolute Gasteiger partial charge is 0.480 e. The average Bonchev–Trinajstić information content (AvgIpc) is 2.67. The number of carbonyl (C=O) groups excluding carboxylic acids is 1. The molecule has 5 heteroatoms. The van der Waals surface area contributed by atoms with Crippen molar-refractivity contribution >= 4 is 11.9 Å². The standard InChI is InChI=1S/C23H46N2O3/c1-2-3-4-5-6-7-8-9-10-11-12-13-14-15-16-19-22(26)25-21(23(27)28)18-17-20-24/h21H,2-20,24H2,1H3,(H,25,26)(H,27,28). The van der Waals surface area contributed by atoms with Crippen molar-refractivity contribution in [2.45, 2.75) is 129 Å². The third kappa shape index (κ3) is 18.3. The van der Waals surface area contributed by atoms with E-state index in [1.807, 2.05) is 0 Å². The first-order valence-electron chi connectivity index (χ1n) is 11.8. The zero-order chi connectivity index (χ0) is 20.9. The summed E-state index contributed by atoms with van der Waals surface area (Å²) in [7, 11) is 0. The Hall–Kier alpha value is -1.10. The lowest BCUT2D eigenvalue weighted by Gasteiger charge is -2.13. The maximum atomic E-state index is 11.8. The van der Waals surface area contributed by atoms with Gasteiger partial charge in [0.25, 0.3) is 0 Å². The van der Waals surface area contributed by atoms with Gasteiger partial charge in [0, 0.05) is 6.42 Å². The molecule has 0 aliphatic carbocycles. The second-order valence-corrected chi connectivity index (χ2v) is 8.09. The fraction of sp³-hybridized carbons (Fsp3) is 0.913. The molecular formula is C23H46N2O3. The van der Waals surface area contributed by atoms with Crippen LogP contribution in [0.1, 0.15) is 122 Å². The zero-order valence-corrected chi connectivity index (χ0v) is 18.4. The van der Waals surface area contributed by atoms with Crippen molar-refractivity contribution in [2.24, 2.45) is 5.73 Å². The zero-order valence-electron chi connectivity index (χ0n) is 18.4. The maximum absolute atomic E-state index is 11.8. The van der Waals surface area contributed by atoms with E-state index in [-0.39, 0.29) is 5.91 Å². The van der Waals surface area contributed by atoms with Gasteiger partial charge >= 0.3 is 5.97 Å². The molecule has 0 aromatic heterocycles. The average molecular weight is 399 g/mol. The van der Waals surface area contributed by atoms with Gasteiger partial charge in [-0.3, -0.25) is 4.79 Å². The van der Waals surface area contributed by atoms with Gasteiger partial charge in [0.05, 0.1) is 0 Å². The van der Waals surface area contributed by atoms with E-state index >= 15 is 0 Å². The molecule has 1 atom stereocenters. The molecule has 5 nitrogen and oxygen atoms in total. The van der Waals surface area contributed by atoms with Gasteiger partial charge < -0.3 is 16.2 Å². The predicted molar refractivity (Wildman–Crippen MR) is 117 cm³/mol. The minimum Gasteiger partial charge on any atom is -0.480 e. The lowest BCUT2D eigenvalue weighted by Crippen LogP contribution is -2.40. The van der Waals surface area contributed by atoms with E-state index in [0.29, 0.717) is 25.8 Å². The highest BCUT2D eigenvalue weighted by Gasteiger charge is 2.18. The number of nitrogens with two attached hydrogens (primary N) is 1. The Balaban J connectivity index is 3.38. The van der Waals surface area contributed by atoms with Gasteiger partial charge in [-0.25, -0.2) is 4.79 Å². The third-order valence-corrected chi connectivity index (χ3v) is 5.34. The van der Waals surface area contributed by atoms with Gasteiger partial charge in [-0.1, -0.05) is 96.8 Å². The molecule has 0 spiro atoms. The van der Waals surface area contributed by atoms with Crippen LogP contribution in [-0.4, -0.2) is 29.6 Å². The Kier molecular flexibility index (Phi) is 19.8. The molecule has 0 heterocycles. The van der Waals surface area contributed by atoms with Gasteiger partial charge in [-0.15, -0.1) is 0 Å². The van der Waals surface area contributed by atoms with Crippen molar-refractivity contribution in [3.05, 3.63) is 0 Å². The van der Waals surface area contributed by atoms with Crippen LogP contribution in [-0.2, 0) is 9.59 Å². The minimum absolute atomic E-state index is 0.154. The van der Waals surface area contributed by atoms with E-state index in [9.17, 15) is 9.59 Å². The molecule has 0 aliphatic heterocycles. The fourth-order valence-corrected chi connectivity index (χ4v) is 3.50. The first kappa shape index (κ1) is 26.9. The number of unbranched alkanes of at least 4 members (excludes halogenated alkanes) is 14. The quantitative estimate of drug-likeness (QED) is 0.221. The molecule has 0 aromatic carbocycles. The van der Waals surface area contributed by atoms with Crippen LogP contribution >= 0.6 is 0 Å². The summed E-state index contributed by atoms with van der Waals surface area (Å²) in [5.41, 5.74) is 5.40. The van der Waals surface area contributed by atoms with Crippen LogP contribution in [0.4, 0.5) is 0 Å². The van der Waals surface area contributed by atoms with Crippen LogP contribution in [0.5, 0.6) is 0 Å². The summed E-state index contributed by atoms with van der Waals surface area (Å²) in [5, 5.41) is 11.7. The Labute approximate surface area is 173 Å². The second kappa shape index (κ2) is 20.6. The van der Waals surface area contributed by atoms with Crippen LogP contribution in [0.3, 0.4) is 0 Å². The van der Waals surface area contributed by atoms with E-state index < -0.39 is 12.0 Å². The molecule has 0 rings (SSSR count). The minimum atomic E-state index is -0.974. The molecule has 1 amide bonds. The maximum Gasteiger partial charge on any atom is 0.326 e. The van der Waals surface area contributed by atoms with Crippen molar-refractivity contribution in [1.29, 1.82) is 0 Å². The summed E-state index contributed by atoms with van der Waals surface area (Å²) in [6.45, 7) is 2.71. The summed E-state index contributed by atoms with van der Waals surface area (Å²) >= 11 is 0. The molecule has 0 saturated carbocycles. The van der Waals surface area contributed by atoms with E-state index in [1.165, 1.54) is 83.5 Å². The molecule has 0 saturated heterocycles. The molecule has 0 aliphatic rings. The van der Waals surface area contributed by atoms with E-state index in [0.717, 1.165) is 12.8 Å². The summed E-state index contributed by atoms with van der Waals surface area (Å²) in [6, 6.07) is -0.799. The lowest BCUT2D eigenvalue weighted by atomic mass is 10.0. The highest BCUT2D eigenvalue weighted by Crippen LogP contribution is 2.13. The number of carboxylic acid groups (broad SMARTS) is 1. The van der Waals surface area contributed by atoms with Crippen molar-refractivity contribution in [3.8, 4) is 0 Å². The first-order chi connectivity index (χ1) is 13.6. The SMILES string of the molecule is CCCCCCCCCCCCCCCCCC(=O)NC(CCCN)C(=O)O. The number of amides is 1. The highest BCUT2D eigenvalue weighted by atomic mass is 16.4. The number of hydrogen-bond acceptors (Lipinski definition) is 3. The van der Waals surface area contributed by atoms with Gasteiger partial charge in [0.2, 0.25) is 5.91 Å². The number of carbonyl (C=O) groups is 2. The monoisotopic (exact) mass is 398 g/mol. The topological polar surface area (TPSA) is 92.4 Å². The molecule has 0 bridgehead atoms. The molecular weight excluding hydrogens is 352 g/mol. The summed E-state index contributed by atoms with van der Waals surface area (Å²) < 4.78 is 0. The summed E-state index contributed by atoms with van der Waals surface area (Å²) in [5.74, 6) is -1.13. The normalized spacial score (nSPS) is 12.1. The van der Waals surface area contributed by atoms with Crippen LogP contribution in [0.2, 0.25) is 0 Å². The summed E-state index contributed by atoms with van der Waals surface area (Å²) in [6.07, 6.45) is 20.8. The van der Waals surface area contributed by atoms with Crippen LogP contribution in [0.25, 0.3) is 0 Å². The number of nitrogens with one attached hydrogen (secondary N) is 1. The molecule has 166 valence electrons. The van der Waals surface area contributed by atoms with E-state index in [2.05, 4.69) is 12.2 Å². The number of carboxylic acids is 1. The van der Waals surface area contributed by atoms with Gasteiger partial charge in [-0.2, -0.15) is 0 Å².